The average Bonchev–Trinajstić information content (AvgIpc) is 2.35. The maximum atomic E-state index is 13.2. The Hall–Kier alpha value is -1.22. The first-order valence-electron chi connectivity index (χ1n) is 6.50. The molecule has 1 aromatic rings. The summed E-state index contributed by atoms with van der Waals surface area (Å²) < 4.78 is 13.2. The minimum absolute atomic E-state index is 0.234. The number of ketones is 1. The molecule has 2 rings (SSSR count). The monoisotopic (exact) mass is 249 g/mol. The number of hydrogen-bond donors (Lipinski definition) is 1. The Morgan fingerprint density at radius 1 is 1.39 bits per heavy atom. The normalized spacial score (nSPS) is 18.6. The van der Waals surface area contributed by atoms with E-state index in [1.807, 2.05) is 13.8 Å². The van der Waals surface area contributed by atoms with Crippen molar-refractivity contribution in [3.8, 4) is 0 Å². The molecule has 0 bridgehead atoms. The van der Waals surface area contributed by atoms with Gasteiger partial charge in [0.05, 0.1) is 0 Å². The summed E-state index contributed by atoms with van der Waals surface area (Å²) in [5.41, 5.74) is 1.56. The second kappa shape index (κ2) is 5.19. The van der Waals surface area contributed by atoms with E-state index < -0.39 is 0 Å². The molecule has 1 saturated heterocycles. The van der Waals surface area contributed by atoms with Crippen LogP contribution in [0.4, 0.5) is 4.39 Å². The first-order chi connectivity index (χ1) is 8.51. The third kappa shape index (κ3) is 2.78. The van der Waals surface area contributed by atoms with E-state index >= 15 is 0 Å². The lowest BCUT2D eigenvalue weighted by Gasteiger charge is -2.32. The molecule has 2 nitrogen and oxygen atoms in total. The second-order valence-electron chi connectivity index (χ2n) is 5.48. The number of aryl methyl sites for hydroxylation is 1. The summed E-state index contributed by atoms with van der Waals surface area (Å²) >= 11 is 0. The zero-order chi connectivity index (χ0) is 13.2. The van der Waals surface area contributed by atoms with E-state index in [0.717, 1.165) is 37.1 Å². The Bertz CT molecular complexity index is 450. The van der Waals surface area contributed by atoms with Gasteiger partial charge >= 0.3 is 0 Å². The Morgan fingerprint density at radius 3 is 2.72 bits per heavy atom. The van der Waals surface area contributed by atoms with Crippen molar-refractivity contribution in [1.82, 2.24) is 5.32 Å². The van der Waals surface area contributed by atoms with Gasteiger partial charge in [-0.05, 0) is 56.1 Å². The third-order valence-corrected chi connectivity index (χ3v) is 4.04. The van der Waals surface area contributed by atoms with Crippen LogP contribution in [0.1, 0.15) is 30.9 Å². The van der Waals surface area contributed by atoms with Gasteiger partial charge in [-0.2, -0.15) is 0 Å². The fourth-order valence-electron chi connectivity index (χ4n) is 2.47. The minimum Gasteiger partial charge on any atom is -0.317 e. The zero-order valence-electron chi connectivity index (χ0n) is 11.1. The topological polar surface area (TPSA) is 29.1 Å². The largest absolute Gasteiger partial charge is 0.317 e. The van der Waals surface area contributed by atoms with E-state index in [1.54, 1.807) is 6.07 Å². The minimum atomic E-state index is -0.265. The highest BCUT2D eigenvalue weighted by molar-refractivity contribution is 5.86. The first-order valence-corrected chi connectivity index (χ1v) is 6.50. The van der Waals surface area contributed by atoms with Crippen LogP contribution in [0.2, 0.25) is 0 Å². The number of benzene rings is 1. The van der Waals surface area contributed by atoms with E-state index in [2.05, 4.69) is 5.32 Å². The molecule has 1 N–H and O–H groups in total. The highest BCUT2D eigenvalue weighted by Gasteiger charge is 2.34. The molecule has 1 aliphatic heterocycles. The molecule has 0 unspecified atom stereocenters. The van der Waals surface area contributed by atoms with E-state index in [0.29, 0.717) is 6.42 Å². The van der Waals surface area contributed by atoms with Crippen LogP contribution in [0.15, 0.2) is 18.2 Å². The van der Waals surface area contributed by atoms with Gasteiger partial charge in [0.2, 0.25) is 0 Å². The Kier molecular flexibility index (Phi) is 3.81. The number of nitrogens with one attached hydrogen (secondary N) is 1. The summed E-state index contributed by atoms with van der Waals surface area (Å²) in [6.07, 6.45) is 2.10. The van der Waals surface area contributed by atoms with Crippen molar-refractivity contribution in [3.05, 3.63) is 35.1 Å². The fourth-order valence-corrected chi connectivity index (χ4v) is 2.47. The van der Waals surface area contributed by atoms with Crippen molar-refractivity contribution in [2.24, 2.45) is 5.41 Å². The van der Waals surface area contributed by atoms with Gasteiger partial charge in [0.25, 0.3) is 0 Å². The lowest BCUT2D eigenvalue weighted by atomic mass is 9.75. The predicted octanol–water partition coefficient (Wildman–Crippen LogP) is 2.64. The number of Topliss-reactive ketones (excluding diaryl/α,β-unsaturated/α-hetero) is 1. The molecule has 0 aromatic heterocycles. The van der Waals surface area contributed by atoms with Gasteiger partial charge in [-0.1, -0.05) is 13.0 Å². The van der Waals surface area contributed by atoms with E-state index in [9.17, 15) is 9.18 Å². The number of piperidine rings is 1. The summed E-state index contributed by atoms with van der Waals surface area (Å²) in [5.74, 6) is -0.0310. The van der Waals surface area contributed by atoms with Crippen molar-refractivity contribution < 1.29 is 9.18 Å². The number of carbonyl (C=O) groups excluding carboxylic acids is 1. The molecular formula is C15H20FNO. The van der Waals surface area contributed by atoms with Crippen LogP contribution >= 0.6 is 0 Å². The van der Waals surface area contributed by atoms with Gasteiger partial charge < -0.3 is 5.32 Å². The van der Waals surface area contributed by atoms with Crippen LogP contribution in [0, 0.1) is 18.2 Å². The van der Waals surface area contributed by atoms with Crippen molar-refractivity contribution in [3.63, 3.8) is 0 Å². The molecule has 0 amide bonds. The maximum Gasteiger partial charge on any atom is 0.143 e. The quantitative estimate of drug-likeness (QED) is 0.892. The SMILES string of the molecule is Cc1ccc(F)cc1CC(=O)C1(C)CCNCC1. The molecule has 1 fully saturated rings. The lowest BCUT2D eigenvalue weighted by molar-refractivity contribution is -0.128. The third-order valence-electron chi connectivity index (χ3n) is 4.04. The standard InChI is InChI=1S/C15H20FNO/c1-11-3-4-13(16)9-12(11)10-14(18)15(2)5-7-17-8-6-15/h3-4,9,17H,5-8,10H2,1-2H3. The summed E-state index contributed by atoms with van der Waals surface area (Å²) in [6.45, 7) is 5.74. The smallest absolute Gasteiger partial charge is 0.143 e. The molecule has 0 aliphatic carbocycles. The Morgan fingerprint density at radius 2 is 2.06 bits per heavy atom. The summed E-state index contributed by atoms with van der Waals surface area (Å²) in [5, 5.41) is 3.27. The molecule has 1 aliphatic rings. The molecule has 0 saturated carbocycles. The van der Waals surface area contributed by atoms with Crippen LogP contribution in [0.3, 0.4) is 0 Å². The lowest BCUT2D eigenvalue weighted by Crippen LogP contribution is -2.40. The second-order valence-corrected chi connectivity index (χ2v) is 5.48. The molecular weight excluding hydrogens is 229 g/mol. The summed E-state index contributed by atoms with van der Waals surface area (Å²) in [4.78, 5) is 12.4. The number of halogens is 1. The highest BCUT2D eigenvalue weighted by atomic mass is 19.1. The van der Waals surface area contributed by atoms with Gasteiger partial charge in [0, 0.05) is 11.8 Å². The highest BCUT2D eigenvalue weighted by Crippen LogP contribution is 2.30. The Labute approximate surface area is 108 Å². The predicted molar refractivity (Wildman–Crippen MR) is 70.1 cm³/mol. The molecule has 3 heteroatoms. The molecule has 0 spiro atoms. The van der Waals surface area contributed by atoms with Crippen LogP contribution in [-0.2, 0) is 11.2 Å². The van der Waals surface area contributed by atoms with Crippen LogP contribution in [0.5, 0.6) is 0 Å². The number of rotatable bonds is 3. The Balaban J connectivity index is 2.13. The van der Waals surface area contributed by atoms with Crippen molar-refractivity contribution in [2.75, 3.05) is 13.1 Å². The van der Waals surface area contributed by atoms with Crippen LogP contribution in [0.25, 0.3) is 0 Å². The molecule has 0 atom stereocenters. The first kappa shape index (κ1) is 13.2. The molecule has 0 radical (unpaired) electrons. The fraction of sp³-hybridized carbons (Fsp3) is 0.533. The van der Waals surface area contributed by atoms with Gasteiger partial charge in [0.15, 0.2) is 0 Å². The van der Waals surface area contributed by atoms with Gasteiger partial charge in [0.1, 0.15) is 11.6 Å². The van der Waals surface area contributed by atoms with Crippen molar-refractivity contribution in [2.45, 2.75) is 33.1 Å². The molecule has 98 valence electrons. The van der Waals surface area contributed by atoms with Crippen molar-refractivity contribution in [1.29, 1.82) is 0 Å². The van der Waals surface area contributed by atoms with Crippen molar-refractivity contribution >= 4 is 5.78 Å². The van der Waals surface area contributed by atoms with E-state index in [-0.39, 0.29) is 17.0 Å². The van der Waals surface area contributed by atoms with E-state index in [1.165, 1.54) is 12.1 Å². The molecule has 18 heavy (non-hydrogen) atoms. The number of carbonyl (C=O) groups is 1. The maximum absolute atomic E-state index is 13.2. The van der Waals surface area contributed by atoms with E-state index in [4.69, 9.17) is 0 Å². The zero-order valence-corrected chi connectivity index (χ0v) is 11.1. The number of hydrogen-bond acceptors (Lipinski definition) is 2. The van der Waals surface area contributed by atoms with Gasteiger partial charge in [-0.3, -0.25) is 4.79 Å². The summed E-state index contributed by atoms with van der Waals surface area (Å²) in [6, 6.07) is 4.66. The van der Waals surface area contributed by atoms with Crippen LogP contribution < -0.4 is 5.32 Å². The average molecular weight is 249 g/mol. The summed E-state index contributed by atoms with van der Waals surface area (Å²) in [7, 11) is 0. The van der Waals surface area contributed by atoms with Crippen LogP contribution in [-0.4, -0.2) is 18.9 Å². The molecule has 1 heterocycles. The van der Waals surface area contributed by atoms with Gasteiger partial charge in [-0.15, -0.1) is 0 Å². The molecule has 1 aromatic carbocycles. The van der Waals surface area contributed by atoms with Gasteiger partial charge in [-0.25, -0.2) is 4.39 Å².